The second-order valence-corrected chi connectivity index (χ2v) is 8.95. The summed E-state index contributed by atoms with van der Waals surface area (Å²) in [6.07, 6.45) is 3.10. The second-order valence-electron chi connectivity index (χ2n) is 7.71. The van der Waals surface area contributed by atoms with Gasteiger partial charge in [0.2, 0.25) is 0 Å². The highest BCUT2D eigenvalue weighted by atomic mass is 32.1. The van der Waals surface area contributed by atoms with Crippen LogP contribution in [0.1, 0.15) is 49.7 Å². The summed E-state index contributed by atoms with van der Waals surface area (Å²) in [7, 11) is 1.71. The summed E-state index contributed by atoms with van der Waals surface area (Å²) in [5.41, 5.74) is 2.60. The minimum atomic E-state index is -4.38. The fourth-order valence-corrected chi connectivity index (χ4v) is 4.02. The van der Waals surface area contributed by atoms with Crippen molar-refractivity contribution < 1.29 is 17.9 Å². The summed E-state index contributed by atoms with van der Waals surface area (Å²) in [5.74, 6) is 0.608. The summed E-state index contributed by atoms with van der Waals surface area (Å²) < 4.78 is 45.9. The molecule has 0 bridgehead atoms. The van der Waals surface area contributed by atoms with Crippen molar-refractivity contribution in [3.8, 4) is 11.1 Å². The van der Waals surface area contributed by atoms with Crippen molar-refractivity contribution in [3.05, 3.63) is 65.2 Å². The zero-order valence-corrected chi connectivity index (χ0v) is 19.9. The van der Waals surface area contributed by atoms with Crippen LogP contribution in [0.3, 0.4) is 0 Å². The molecule has 0 radical (unpaired) electrons. The van der Waals surface area contributed by atoms with E-state index in [1.165, 1.54) is 23.1 Å². The van der Waals surface area contributed by atoms with Gasteiger partial charge in [0.05, 0.1) is 40.1 Å². The average molecular weight is 493 g/mol. The normalized spacial score (nSPS) is 12.1. The molecule has 9 heteroatoms. The maximum absolute atomic E-state index is 12.7. The monoisotopic (exact) mass is 492 g/mol. The Morgan fingerprint density at radius 3 is 2.56 bits per heavy atom. The van der Waals surface area contributed by atoms with Gasteiger partial charge >= 0.3 is 6.18 Å². The van der Waals surface area contributed by atoms with Gasteiger partial charge in [-0.05, 0) is 48.6 Å². The zero-order chi connectivity index (χ0) is 24.0. The van der Waals surface area contributed by atoms with Crippen LogP contribution in [0.25, 0.3) is 21.3 Å². The molecule has 1 atom stereocenters. The lowest BCUT2D eigenvalue weighted by Gasteiger charge is -2.08. The number of halogens is 3. The van der Waals surface area contributed by atoms with Gasteiger partial charge < -0.3 is 4.74 Å². The van der Waals surface area contributed by atoms with E-state index in [9.17, 15) is 13.2 Å². The Balaban J connectivity index is 0.000000256. The highest BCUT2D eigenvalue weighted by molar-refractivity contribution is 7.18. The lowest BCUT2D eigenvalue weighted by atomic mass is 10.0. The Morgan fingerprint density at radius 1 is 1.12 bits per heavy atom. The fourth-order valence-electron chi connectivity index (χ4n) is 3.15. The number of nitrogens with zero attached hydrogens (tertiary/aromatic N) is 4. The third-order valence-corrected chi connectivity index (χ3v) is 6.19. The smallest absolute Gasteiger partial charge is 0.383 e. The number of benzene rings is 1. The van der Waals surface area contributed by atoms with E-state index in [-0.39, 0.29) is 7.43 Å². The third kappa shape index (κ3) is 7.11. The first-order valence-corrected chi connectivity index (χ1v) is 11.4. The van der Waals surface area contributed by atoms with Gasteiger partial charge in [0.25, 0.3) is 0 Å². The van der Waals surface area contributed by atoms with Gasteiger partial charge in [-0.15, -0.1) is 11.3 Å². The Morgan fingerprint density at radius 2 is 1.88 bits per heavy atom. The zero-order valence-electron chi connectivity index (χ0n) is 19.1. The Hall–Kier alpha value is -2.78. The largest absolute Gasteiger partial charge is 0.417 e. The number of aromatic nitrogens is 4. The van der Waals surface area contributed by atoms with Crippen LogP contribution in [-0.4, -0.2) is 33.5 Å². The first-order chi connectivity index (χ1) is 15.7. The van der Waals surface area contributed by atoms with Crippen molar-refractivity contribution in [2.45, 2.75) is 53.3 Å². The quantitative estimate of drug-likeness (QED) is 0.282. The van der Waals surface area contributed by atoms with Crippen molar-refractivity contribution >= 4 is 21.6 Å². The molecule has 0 saturated carbocycles. The molecule has 0 spiro atoms. The number of aryl methyl sites for hydroxylation is 1. The van der Waals surface area contributed by atoms with E-state index in [2.05, 4.69) is 35.1 Å². The number of methoxy groups -OCH3 is 1. The number of alkyl halides is 3. The molecule has 0 saturated heterocycles. The highest BCUT2D eigenvalue weighted by Gasteiger charge is 2.31. The fraction of sp³-hybridized carbons (Fsp3) is 0.400. The summed E-state index contributed by atoms with van der Waals surface area (Å²) in [4.78, 5) is 8.01. The molecule has 0 fully saturated rings. The molecule has 0 aliphatic rings. The topological polar surface area (TPSA) is 52.8 Å². The lowest BCUT2D eigenvalue weighted by molar-refractivity contribution is -0.137. The van der Waals surface area contributed by atoms with E-state index < -0.39 is 11.7 Å². The molecule has 1 unspecified atom stereocenters. The van der Waals surface area contributed by atoms with Gasteiger partial charge in [-0.2, -0.15) is 18.3 Å². The van der Waals surface area contributed by atoms with Crippen LogP contribution in [-0.2, 0) is 17.5 Å². The molecule has 3 heterocycles. The van der Waals surface area contributed by atoms with Gasteiger partial charge in [-0.3, -0.25) is 9.67 Å². The molecule has 0 aliphatic carbocycles. The molecule has 4 rings (SSSR count). The summed E-state index contributed by atoms with van der Waals surface area (Å²) in [6.45, 7) is 7.87. The van der Waals surface area contributed by atoms with E-state index in [0.29, 0.717) is 17.0 Å². The first-order valence-electron chi connectivity index (χ1n) is 10.6. The van der Waals surface area contributed by atoms with Crippen molar-refractivity contribution in [3.63, 3.8) is 0 Å². The standard InChI is InChI=1S/C14H9F3N2S.C10H18N2O.CH4/c1-8-19-12-3-2-9(5-13(12)20-8)10-4-11(7-18-6-10)14(15,16)17;1-4-9(2)10-7-11-12(8-10)5-6-13-3;/h2-7H,1H3;7-9H,4-6H2,1-3H3;1H4. The summed E-state index contributed by atoms with van der Waals surface area (Å²) in [5, 5.41) is 5.19. The molecule has 1 aromatic carbocycles. The lowest BCUT2D eigenvalue weighted by Crippen LogP contribution is -2.05. The Bertz CT molecular complexity index is 1190. The Kier molecular flexibility index (Phi) is 9.76. The molecule has 3 aromatic heterocycles. The molecular weight excluding hydrogens is 461 g/mol. The van der Waals surface area contributed by atoms with Crippen molar-refractivity contribution in [1.29, 1.82) is 0 Å². The molecule has 5 nitrogen and oxygen atoms in total. The third-order valence-electron chi connectivity index (χ3n) is 5.25. The number of thiazole rings is 1. The van der Waals surface area contributed by atoms with Gasteiger partial charge in [0.1, 0.15) is 0 Å². The molecular formula is C25H31F3N4OS. The minimum absolute atomic E-state index is 0. The average Bonchev–Trinajstić information content (AvgIpc) is 3.42. The van der Waals surface area contributed by atoms with Crippen molar-refractivity contribution in [2.75, 3.05) is 13.7 Å². The summed E-state index contributed by atoms with van der Waals surface area (Å²) in [6, 6.07) is 6.53. The van der Waals surface area contributed by atoms with Crippen LogP contribution >= 0.6 is 11.3 Å². The van der Waals surface area contributed by atoms with Crippen molar-refractivity contribution in [1.82, 2.24) is 19.7 Å². The molecule has 4 aromatic rings. The van der Waals surface area contributed by atoms with Crippen LogP contribution in [0, 0.1) is 6.92 Å². The predicted octanol–water partition coefficient (Wildman–Crippen LogP) is 7.36. The van der Waals surface area contributed by atoms with E-state index >= 15 is 0 Å². The Labute approximate surface area is 202 Å². The maximum Gasteiger partial charge on any atom is 0.417 e. The van der Waals surface area contributed by atoms with Gasteiger partial charge in [-0.1, -0.05) is 27.3 Å². The van der Waals surface area contributed by atoms with Crippen LogP contribution in [0.5, 0.6) is 0 Å². The van der Waals surface area contributed by atoms with Crippen LogP contribution in [0.15, 0.2) is 49.1 Å². The van der Waals surface area contributed by atoms with E-state index in [0.717, 1.165) is 47.1 Å². The summed E-state index contributed by atoms with van der Waals surface area (Å²) >= 11 is 1.52. The maximum atomic E-state index is 12.7. The van der Waals surface area contributed by atoms with E-state index in [4.69, 9.17) is 4.74 Å². The molecule has 0 N–H and O–H groups in total. The van der Waals surface area contributed by atoms with E-state index in [1.807, 2.05) is 29.9 Å². The SMILES string of the molecule is C.CCC(C)c1cnn(CCOC)c1.Cc1nc2ccc(-c3cncc(C(F)(F)F)c3)cc2s1. The first kappa shape index (κ1) is 27.5. The van der Waals surface area contributed by atoms with Gasteiger partial charge in [0.15, 0.2) is 0 Å². The van der Waals surface area contributed by atoms with E-state index in [1.54, 1.807) is 13.2 Å². The van der Waals surface area contributed by atoms with Gasteiger partial charge in [-0.25, -0.2) is 4.98 Å². The number of rotatable bonds is 6. The minimum Gasteiger partial charge on any atom is -0.383 e. The second kappa shape index (κ2) is 12.1. The molecule has 184 valence electrons. The van der Waals surface area contributed by atoms with Crippen LogP contribution in [0.2, 0.25) is 0 Å². The van der Waals surface area contributed by atoms with Crippen molar-refractivity contribution in [2.24, 2.45) is 0 Å². The highest BCUT2D eigenvalue weighted by Crippen LogP contribution is 2.33. The number of hydrogen-bond acceptors (Lipinski definition) is 5. The number of fused-ring (bicyclic) bond motifs is 1. The molecule has 0 aliphatic heterocycles. The van der Waals surface area contributed by atoms with Crippen LogP contribution < -0.4 is 0 Å². The number of hydrogen-bond donors (Lipinski definition) is 0. The molecule has 34 heavy (non-hydrogen) atoms. The predicted molar refractivity (Wildman–Crippen MR) is 132 cm³/mol. The number of ether oxygens (including phenoxy) is 1. The van der Waals surface area contributed by atoms with Crippen LogP contribution in [0.4, 0.5) is 13.2 Å². The molecule has 0 amide bonds. The number of pyridine rings is 1. The van der Waals surface area contributed by atoms with Gasteiger partial charge in [0, 0.05) is 31.3 Å².